The molecule has 0 amide bonds. The summed E-state index contributed by atoms with van der Waals surface area (Å²) in [6, 6.07) is 37.5. The van der Waals surface area contributed by atoms with Crippen molar-refractivity contribution in [2.75, 3.05) is 7.11 Å². The Balaban J connectivity index is 0.000000358. The molecule has 0 aliphatic heterocycles. The van der Waals surface area contributed by atoms with Gasteiger partial charge in [0.25, 0.3) is 0 Å². The van der Waals surface area contributed by atoms with Crippen LogP contribution in [0.1, 0.15) is 70.7 Å². The van der Waals surface area contributed by atoms with Crippen molar-refractivity contribution in [2.24, 2.45) is 5.41 Å². The van der Waals surface area contributed by atoms with Crippen LogP contribution in [-0.4, -0.2) is 36.2 Å². The highest BCUT2D eigenvalue weighted by Crippen LogP contribution is 2.60. The minimum absolute atomic E-state index is 0.0208. The average Bonchev–Trinajstić information content (AvgIpc) is 3.61. The average molecular weight is 626 g/mol. The maximum Gasteiger partial charge on any atom is 0.143 e. The molecule has 7 rings (SSSR count). The Hall–Kier alpha value is -3.95. The largest absolute Gasteiger partial charge is 0.455 e. The third-order valence-electron chi connectivity index (χ3n) is 10.3. The minimum atomic E-state index is -1.53. The van der Waals surface area contributed by atoms with Crippen LogP contribution in [0.15, 0.2) is 114 Å². The Kier molecular flexibility index (Phi) is 9.70. The summed E-state index contributed by atoms with van der Waals surface area (Å²) < 4.78 is 11.7. The van der Waals surface area contributed by atoms with Gasteiger partial charge in [-0.25, -0.2) is 0 Å². The van der Waals surface area contributed by atoms with Gasteiger partial charge in [-0.3, -0.25) is 0 Å². The topological polar surface area (TPSA) is 22.4 Å². The summed E-state index contributed by atoms with van der Waals surface area (Å²) in [5.74, 6) is 0. The zero-order chi connectivity index (χ0) is 35.1. The van der Waals surface area contributed by atoms with E-state index < -0.39 is 10.5 Å². The van der Waals surface area contributed by atoms with E-state index in [0.29, 0.717) is 0 Å². The monoisotopic (exact) mass is 626 g/mol. The van der Waals surface area contributed by atoms with Gasteiger partial charge in [-0.05, 0) is 65.1 Å². The van der Waals surface area contributed by atoms with Gasteiger partial charge in [0.05, 0.1) is 29.1 Å². The molecule has 1 aliphatic carbocycles. The van der Waals surface area contributed by atoms with Crippen molar-refractivity contribution < 1.29 is 9.15 Å². The van der Waals surface area contributed by atoms with Gasteiger partial charge in [0.1, 0.15) is 11.2 Å². The lowest BCUT2D eigenvalue weighted by Crippen LogP contribution is -2.42. The molecule has 0 saturated heterocycles. The highest BCUT2D eigenvalue weighted by Gasteiger charge is 2.50. The molecule has 48 heavy (non-hydrogen) atoms. The molecule has 0 unspecified atom stereocenters. The molecular weight excluding hydrogens is 581 g/mol. The van der Waals surface area contributed by atoms with E-state index in [9.17, 15) is 0 Å². The maximum atomic E-state index is 6.66. The van der Waals surface area contributed by atoms with E-state index in [4.69, 9.17) is 32.7 Å². The van der Waals surface area contributed by atoms with Crippen molar-refractivity contribution >= 4 is 45.5 Å². The minimum Gasteiger partial charge on any atom is -0.455 e. The molecule has 0 bridgehead atoms. The fourth-order valence-electron chi connectivity index (χ4n) is 6.66. The van der Waals surface area contributed by atoms with Crippen molar-refractivity contribution in [2.45, 2.75) is 71.5 Å². The Morgan fingerprint density at radius 3 is 1.54 bits per heavy atom. The van der Waals surface area contributed by atoms with E-state index in [0.717, 1.165) is 66.4 Å². The number of hydrogen-bond acceptors (Lipinski definition) is 2. The van der Waals surface area contributed by atoms with Gasteiger partial charge in [0.15, 0.2) is 0 Å². The van der Waals surface area contributed by atoms with Gasteiger partial charge < -0.3 is 9.15 Å². The molecule has 238 valence electrons. The second-order valence-corrected chi connectivity index (χ2v) is 14.1. The molecule has 5 aromatic carbocycles. The second-order valence-electron chi connectivity index (χ2n) is 14.1. The number of para-hydroxylation sites is 2. The van der Waals surface area contributed by atoms with Crippen LogP contribution in [0.3, 0.4) is 0 Å². The first-order chi connectivity index (χ1) is 22.7. The quantitative estimate of drug-likeness (QED) is 0.182. The summed E-state index contributed by atoms with van der Waals surface area (Å²) in [4.78, 5) is 0. The first-order valence-electron chi connectivity index (χ1n) is 16.9. The van der Waals surface area contributed by atoms with E-state index in [1.807, 2.05) is 38.1 Å². The second kappa shape index (κ2) is 13.2. The molecule has 5 heteroatoms. The molecule has 1 aliphatic rings. The van der Waals surface area contributed by atoms with Crippen molar-refractivity contribution in [3.63, 3.8) is 0 Å². The molecule has 2 nitrogen and oxygen atoms in total. The van der Waals surface area contributed by atoms with Crippen LogP contribution in [0.2, 0.25) is 5.11 Å². The summed E-state index contributed by atoms with van der Waals surface area (Å²) in [5, 5.41) is 0.707. The summed E-state index contributed by atoms with van der Waals surface area (Å²) in [6.45, 7) is 16.8. The third-order valence-corrected chi connectivity index (χ3v) is 10.3. The highest BCUT2D eigenvalue weighted by atomic mass is 16.5. The van der Waals surface area contributed by atoms with Crippen LogP contribution in [0.25, 0.3) is 44.2 Å². The number of aryl methyl sites for hydroxylation is 1. The van der Waals surface area contributed by atoms with E-state index in [-0.39, 0.29) is 11.0 Å². The van der Waals surface area contributed by atoms with Gasteiger partial charge in [-0.2, -0.15) is 0 Å². The summed E-state index contributed by atoms with van der Waals surface area (Å²) in [6.07, 6.45) is 0. The SMILES string of the molecule is CC.COC(C)(C)C(C)(C)C.[B]C([B])([B])C1(c2ccc(-c3cccc4c3oc3c(C)cccc34)cc2)c2ccccc2-c2ccccc21. The van der Waals surface area contributed by atoms with E-state index in [1.165, 1.54) is 0 Å². The van der Waals surface area contributed by atoms with Gasteiger partial charge in [-0.15, -0.1) is 5.11 Å². The Morgan fingerprint density at radius 2 is 1.06 bits per heavy atom. The van der Waals surface area contributed by atoms with Crippen molar-refractivity contribution in [1.29, 1.82) is 0 Å². The zero-order valence-electron chi connectivity index (χ0n) is 29.9. The molecule has 0 atom stereocenters. The lowest BCUT2D eigenvalue weighted by molar-refractivity contribution is -0.0620. The van der Waals surface area contributed by atoms with Crippen LogP contribution in [0, 0.1) is 12.3 Å². The van der Waals surface area contributed by atoms with Gasteiger partial charge in [0.2, 0.25) is 0 Å². The predicted octanol–water partition coefficient (Wildman–Crippen LogP) is 10.9. The Labute approximate surface area is 291 Å². The van der Waals surface area contributed by atoms with Crippen LogP contribution >= 0.6 is 0 Å². The van der Waals surface area contributed by atoms with Gasteiger partial charge in [0, 0.05) is 28.9 Å². The van der Waals surface area contributed by atoms with Crippen LogP contribution < -0.4 is 0 Å². The summed E-state index contributed by atoms with van der Waals surface area (Å²) in [7, 11) is 21.7. The number of rotatable bonds is 4. The number of fused-ring (bicyclic) bond motifs is 6. The molecule has 6 radical (unpaired) electrons. The fraction of sp³-hybridized carbons (Fsp3) is 0.302. The van der Waals surface area contributed by atoms with Crippen LogP contribution in [-0.2, 0) is 10.2 Å². The Morgan fingerprint density at radius 1 is 0.583 bits per heavy atom. The van der Waals surface area contributed by atoms with Gasteiger partial charge in [-0.1, -0.05) is 144 Å². The summed E-state index contributed by atoms with van der Waals surface area (Å²) >= 11 is 0. The molecule has 0 spiro atoms. The van der Waals surface area contributed by atoms with Crippen molar-refractivity contribution in [3.8, 4) is 22.3 Å². The normalized spacial score (nSPS) is 13.6. The smallest absolute Gasteiger partial charge is 0.143 e. The highest BCUT2D eigenvalue weighted by molar-refractivity contribution is 6.60. The van der Waals surface area contributed by atoms with Crippen molar-refractivity contribution in [1.82, 2.24) is 0 Å². The first-order valence-corrected chi connectivity index (χ1v) is 16.9. The van der Waals surface area contributed by atoms with E-state index in [1.54, 1.807) is 7.11 Å². The number of benzene rings is 5. The van der Waals surface area contributed by atoms with Crippen LogP contribution in [0.4, 0.5) is 0 Å². The molecule has 6 aromatic rings. The third kappa shape index (κ3) is 5.75. The fourth-order valence-corrected chi connectivity index (χ4v) is 6.66. The van der Waals surface area contributed by atoms with E-state index >= 15 is 0 Å². The molecule has 1 aromatic heterocycles. The number of hydrogen-bond donors (Lipinski definition) is 0. The molecule has 0 N–H and O–H groups in total. The van der Waals surface area contributed by atoms with Gasteiger partial charge >= 0.3 is 0 Å². The van der Waals surface area contributed by atoms with E-state index in [2.05, 4.69) is 126 Å². The first kappa shape index (κ1) is 35.4. The Bertz CT molecular complexity index is 1990. The standard InChI is InChI=1S/C33H21B3O.C8H18O.C2H6/c1-20-8-6-12-26-27-13-7-11-23(31(27)37-30(20)26)21-16-18-22(19-17-21)32(33(34,35)36)28-14-4-2-9-24(28)25-10-3-5-15-29(25)32;1-7(2,3)8(4,5)9-6;1-2/h2-19H,1H3;1-6H3;1-2H3. The van der Waals surface area contributed by atoms with Crippen LogP contribution in [0.5, 0.6) is 0 Å². The lowest BCUT2D eigenvalue weighted by Gasteiger charge is -2.46. The van der Waals surface area contributed by atoms with Crippen molar-refractivity contribution in [3.05, 3.63) is 131 Å². The molecule has 0 saturated carbocycles. The number of furan rings is 1. The molecule has 0 fully saturated rings. The number of methoxy groups -OCH3 is 1. The molecular formula is C43H45B3O2. The maximum absolute atomic E-state index is 6.66. The lowest BCUT2D eigenvalue weighted by atomic mass is 9.30. The zero-order valence-corrected chi connectivity index (χ0v) is 29.9. The summed E-state index contributed by atoms with van der Waals surface area (Å²) in [5.41, 5.74) is 9.54. The number of ether oxygens (including phenoxy) is 1. The molecule has 1 heterocycles. The predicted molar refractivity (Wildman–Crippen MR) is 207 cm³/mol.